The smallest absolute Gasteiger partial charge is 0.316 e. The quantitative estimate of drug-likeness (QED) is 0.796. The Bertz CT molecular complexity index is 329. The summed E-state index contributed by atoms with van der Waals surface area (Å²) in [5.74, 6) is -0.229. The first kappa shape index (κ1) is 10.8. The highest BCUT2D eigenvalue weighted by atomic mass is 16.4. The van der Waals surface area contributed by atoms with Crippen molar-refractivity contribution in [1.29, 1.82) is 0 Å². The molecule has 1 N–H and O–H groups in total. The summed E-state index contributed by atoms with van der Waals surface area (Å²) in [4.78, 5) is 15.1. The molecule has 1 aromatic rings. The summed E-state index contributed by atoms with van der Waals surface area (Å²) < 4.78 is 1.90. The maximum Gasteiger partial charge on any atom is 0.316 e. The minimum Gasteiger partial charge on any atom is -0.481 e. The van der Waals surface area contributed by atoms with Gasteiger partial charge in [0, 0.05) is 18.9 Å². The molecule has 0 aliphatic rings. The molecular weight excluding hydrogens is 180 g/mol. The van der Waals surface area contributed by atoms with E-state index in [1.807, 2.05) is 10.8 Å². The van der Waals surface area contributed by atoms with Gasteiger partial charge in [-0.2, -0.15) is 0 Å². The SMILES string of the molecule is CCCn1ccnc1C(C)(C)C(=O)O. The summed E-state index contributed by atoms with van der Waals surface area (Å²) in [6, 6.07) is 0. The lowest BCUT2D eigenvalue weighted by molar-refractivity contribution is -0.142. The van der Waals surface area contributed by atoms with Gasteiger partial charge in [-0.05, 0) is 20.3 Å². The summed E-state index contributed by atoms with van der Waals surface area (Å²) in [5.41, 5.74) is -0.918. The Morgan fingerprint density at radius 1 is 1.64 bits per heavy atom. The van der Waals surface area contributed by atoms with Crippen LogP contribution < -0.4 is 0 Å². The highest BCUT2D eigenvalue weighted by Crippen LogP contribution is 2.21. The van der Waals surface area contributed by atoms with Gasteiger partial charge in [0.05, 0.1) is 0 Å². The highest BCUT2D eigenvalue weighted by Gasteiger charge is 2.33. The van der Waals surface area contributed by atoms with Crippen LogP contribution in [0.5, 0.6) is 0 Å². The molecule has 4 heteroatoms. The van der Waals surface area contributed by atoms with E-state index in [-0.39, 0.29) is 0 Å². The van der Waals surface area contributed by atoms with E-state index in [0.29, 0.717) is 5.82 Å². The lowest BCUT2D eigenvalue weighted by atomic mass is 9.92. The van der Waals surface area contributed by atoms with Gasteiger partial charge in [-0.1, -0.05) is 6.92 Å². The first-order chi connectivity index (χ1) is 6.50. The number of hydrogen-bond acceptors (Lipinski definition) is 2. The van der Waals surface area contributed by atoms with E-state index in [1.54, 1.807) is 20.0 Å². The first-order valence-corrected chi connectivity index (χ1v) is 4.75. The van der Waals surface area contributed by atoms with E-state index in [1.165, 1.54) is 0 Å². The van der Waals surface area contributed by atoms with Gasteiger partial charge in [0.25, 0.3) is 0 Å². The molecule has 0 atom stereocenters. The fourth-order valence-electron chi connectivity index (χ4n) is 1.37. The summed E-state index contributed by atoms with van der Waals surface area (Å²) in [5, 5.41) is 9.05. The van der Waals surface area contributed by atoms with Gasteiger partial charge in [-0.3, -0.25) is 4.79 Å². The topological polar surface area (TPSA) is 55.1 Å². The van der Waals surface area contributed by atoms with Crippen LogP contribution in [0.1, 0.15) is 33.0 Å². The van der Waals surface area contributed by atoms with Gasteiger partial charge in [-0.15, -0.1) is 0 Å². The Kier molecular flexibility index (Phi) is 2.93. The summed E-state index contributed by atoms with van der Waals surface area (Å²) in [6.07, 6.45) is 4.44. The maximum atomic E-state index is 11.0. The molecule has 1 heterocycles. The van der Waals surface area contributed by atoms with Crippen LogP contribution in [0.15, 0.2) is 12.4 Å². The molecule has 0 aliphatic heterocycles. The number of nitrogens with zero attached hydrogens (tertiary/aromatic N) is 2. The van der Waals surface area contributed by atoms with Crippen molar-refractivity contribution in [2.24, 2.45) is 0 Å². The van der Waals surface area contributed by atoms with Crippen molar-refractivity contribution in [2.45, 2.75) is 39.2 Å². The molecule has 14 heavy (non-hydrogen) atoms. The number of carbonyl (C=O) groups is 1. The second-order valence-corrected chi connectivity index (χ2v) is 3.87. The minimum absolute atomic E-state index is 0.617. The third-order valence-corrected chi connectivity index (χ3v) is 2.27. The second kappa shape index (κ2) is 3.82. The number of aryl methyl sites for hydroxylation is 1. The molecule has 0 unspecified atom stereocenters. The van der Waals surface area contributed by atoms with E-state index >= 15 is 0 Å². The van der Waals surface area contributed by atoms with Crippen molar-refractivity contribution in [3.8, 4) is 0 Å². The lowest BCUT2D eigenvalue weighted by Gasteiger charge is -2.19. The van der Waals surface area contributed by atoms with Crippen LogP contribution in [0.25, 0.3) is 0 Å². The van der Waals surface area contributed by atoms with Crippen molar-refractivity contribution in [3.05, 3.63) is 18.2 Å². The third-order valence-electron chi connectivity index (χ3n) is 2.27. The molecule has 0 fully saturated rings. The zero-order chi connectivity index (χ0) is 10.8. The number of rotatable bonds is 4. The molecule has 1 aromatic heterocycles. The van der Waals surface area contributed by atoms with Gasteiger partial charge >= 0.3 is 5.97 Å². The number of hydrogen-bond donors (Lipinski definition) is 1. The summed E-state index contributed by atoms with van der Waals surface area (Å²) in [7, 11) is 0. The Morgan fingerprint density at radius 3 is 2.79 bits per heavy atom. The second-order valence-electron chi connectivity index (χ2n) is 3.87. The number of carboxylic acid groups (broad SMARTS) is 1. The molecule has 0 saturated heterocycles. The molecule has 0 radical (unpaired) electrons. The Hall–Kier alpha value is -1.32. The predicted molar refractivity (Wildman–Crippen MR) is 53.2 cm³/mol. The molecule has 78 valence electrons. The number of aliphatic carboxylic acids is 1. The molecule has 0 amide bonds. The van der Waals surface area contributed by atoms with Crippen molar-refractivity contribution >= 4 is 5.97 Å². The van der Waals surface area contributed by atoms with Crippen molar-refractivity contribution in [3.63, 3.8) is 0 Å². The molecule has 0 aromatic carbocycles. The fourth-order valence-corrected chi connectivity index (χ4v) is 1.37. The van der Waals surface area contributed by atoms with Crippen molar-refractivity contribution < 1.29 is 9.90 Å². The molecule has 0 saturated carbocycles. The van der Waals surface area contributed by atoms with Crippen LogP contribution in [0, 0.1) is 0 Å². The van der Waals surface area contributed by atoms with Gasteiger partial charge in [0.2, 0.25) is 0 Å². The number of carboxylic acids is 1. The maximum absolute atomic E-state index is 11.0. The monoisotopic (exact) mass is 196 g/mol. The Balaban J connectivity index is 3.05. The van der Waals surface area contributed by atoms with E-state index in [4.69, 9.17) is 5.11 Å². The zero-order valence-electron chi connectivity index (χ0n) is 8.82. The van der Waals surface area contributed by atoms with Gasteiger partial charge in [-0.25, -0.2) is 4.98 Å². The van der Waals surface area contributed by atoms with Crippen LogP contribution in [0.4, 0.5) is 0 Å². The molecule has 0 spiro atoms. The molecule has 0 bridgehead atoms. The molecule has 0 aliphatic carbocycles. The highest BCUT2D eigenvalue weighted by molar-refractivity contribution is 5.79. The lowest BCUT2D eigenvalue weighted by Crippen LogP contribution is -2.32. The molecular formula is C10H16N2O2. The van der Waals surface area contributed by atoms with Crippen LogP contribution >= 0.6 is 0 Å². The summed E-state index contributed by atoms with van der Waals surface area (Å²) >= 11 is 0. The van der Waals surface area contributed by atoms with E-state index in [0.717, 1.165) is 13.0 Å². The third kappa shape index (κ3) is 1.78. The van der Waals surface area contributed by atoms with Gasteiger partial charge in [0.1, 0.15) is 11.2 Å². The van der Waals surface area contributed by atoms with Crippen LogP contribution in [0.3, 0.4) is 0 Å². The van der Waals surface area contributed by atoms with Gasteiger partial charge < -0.3 is 9.67 Å². The van der Waals surface area contributed by atoms with E-state index < -0.39 is 11.4 Å². The fraction of sp³-hybridized carbons (Fsp3) is 0.600. The standard InChI is InChI=1S/C10H16N2O2/c1-4-6-12-7-5-11-8(12)10(2,3)9(13)14/h5,7H,4,6H2,1-3H3,(H,13,14). The van der Waals surface area contributed by atoms with Crippen LogP contribution in [-0.2, 0) is 16.8 Å². The normalized spacial score (nSPS) is 11.6. The summed E-state index contributed by atoms with van der Waals surface area (Å²) in [6.45, 7) is 6.21. The van der Waals surface area contributed by atoms with Crippen LogP contribution in [-0.4, -0.2) is 20.6 Å². The number of imidazole rings is 1. The van der Waals surface area contributed by atoms with E-state index in [2.05, 4.69) is 11.9 Å². The Labute approximate surface area is 83.6 Å². The largest absolute Gasteiger partial charge is 0.481 e. The average molecular weight is 196 g/mol. The van der Waals surface area contributed by atoms with Crippen molar-refractivity contribution in [1.82, 2.24) is 9.55 Å². The molecule has 4 nitrogen and oxygen atoms in total. The van der Waals surface area contributed by atoms with Crippen LogP contribution in [0.2, 0.25) is 0 Å². The van der Waals surface area contributed by atoms with Gasteiger partial charge in [0.15, 0.2) is 0 Å². The number of aromatic nitrogens is 2. The first-order valence-electron chi connectivity index (χ1n) is 4.75. The zero-order valence-corrected chi connectivity index (χ0v) is 8.82. The Morgan fingerprint density at radius 2 is 2.29 bits per heavy atom. The predicted octanol–water partition coefficient (Wildman–Crippen LogP) is 1.66. The average Bonchev–Trinajstić information content (AvgIpc) is 2.53. The molecule has 1 rings (SSSR count). The van der Waals surface area contributed by atoms with E-state index in [9.17, 15) is 4.79 Å². The minimum atomic E-state index is -0.918. The van der Waals surface area contributed by atoms with Crippen molar-refractivity contribution in [2.75, 3.05) is 0 Å².